The van der Waals surface area contributed by atoms with E-state index in [1.165, 1.54) is 0 Å². The highest BCUT2D eigenvalue weighted by Crippen LogP contribution is 2.25. The van der Waals surface area contributed by atoms with E-state index in [1.54, 1.807) is 57.3 Å². The van der Waals surface area contributed by atoms with Crippen molar-refractivity contribution in [3.63, 3.8) is 0 Å². The molecule has 6 nitrogen and oxygen atoms in total. The Morgan fingerprint density at radius 3 is 2.41 bits per heavy atom. The minimum atomic E-state index is -0.803. The molecular weight excluding hydrogens is 282 g/mol. The Labute approximate surface area is 130 Å². The number of hydrogen-bond acceptors (Lipinski definition) is 4. The molecule has 1 aromatic carbocycles. The van der Waals surface area contributed by atoms with E-state index in [1.807, 2.05) is 0 Å². The highest BCUT2D eigenvalue weighted by Gasteiger charge is 2.25. The maximum absolute atomic E-state index is 11.8. The maximum atomic E-state index is 11.8. The van der Waals surface area contributed by atoms with Crippen LogP contribution in [0.5, 0.6) is 0 Å². The molecule has 0 aliphatic rings. The van der Waals surface area contributed by atoms with Gasteiger partial charge in [0.05, 0.1) is 0 Å². The lowest BCUT2D eigenvalue weighted by molar-refractivity contribution is 0.0370. The molecule has 1 rings (SSSR count). The second-order valence-corrected chi connectivity index (χ2v) is 5.14. The van der Waals surface area contributed by atoms with Gasteiger partial charge in [-0.3, -0.25) is 4.79 Å². The predicted molar refractivity (Wildman–Crippen MR) is 85.5 cm³/mol. The molecule has 0 fully saturated rings. The van der Waals surface area contributed by atoms with Crippen molar-refractivity contribution in [1.29, 1.82) is 0 Å². The summed E-state index contributed by atoms with van der Waals surface area (Å²) in [6.07, 6.45) is 3.00. The number of nitrogens with two attached hydrogens (primary N) is 1. The van der Waals surface area contributed by atoms with Gasteiger partial charge in [-0.25, -0.2) is 4.79 Å². The number of amides is 2. The molecule has 0 saturated heterocycles. The van der Waals surface area contributed by atoms with Crippen LogP contribution in [0, 0.1) is 0 Å². The zero-order chi connectivity index (χ0) is 16.6. The molecular formula is C16H23N3O3. The highest BCUT2D eigenvalue weighted by atomic mass is 16.6. The van der Waals surface area contributed by atoms with Crippen LogP contribution in [0.3, 0.4) is 0 Å². The summed E-state index contributed by atoms with van der Waals surface area (Å²) < 4.78 is 5.42. The standard InChI is InChI=1S/C16H23N3O3/c1-16(2,22-15(21)19-11-5-4-10-17)13-8-6-12(7-9-13)14(20)18-3/h4-9H,10-11,17H2,1-3H3,(H,18,20)(H,19,21)/b5-4+. The Morgan fingerprint density at radius 1 is 1.23 bits per heavy atom. The summed E-state index contributed by atoms with van der Waals surface area (Å²) in [5.74, 6) is -0.158. The van der Waals surface area contributed by atoms with Gasteiger partial charge < -0.3 is 21.1 Å². The largest absolute Gasteiger partial charge is 0.439 e. The number of benzene rings is 1. The molecule has 4 N–H and O–H groups in total. The fourth-order valence-electron chi connectivity index (χ4n) is 1.82. The number of nitrogens with one attached hydrogen (secondary N) is 2. The number of ether oxygens (including phenoxy) is 1. The molecule has 120 valence electrons. The lowest BCUT2D eigenvalue weighted by Gasteiger charge is -2.25. The van der Waals surface area contributed by atoms with Crippen LogP contribution in [0.1, 0.15) is 29.8 Å². The van der Waals surface area contributed by atoms with Gasteiger partial charge >= 0.3 is 6.09 Å². The van der Waals surface area contributed by atoms with Crippen molar-refractivity contribution >= 4 is 12.0 Å². The molecule has 22 heavy (non-hydrogen) atoms. The average Bonchev–Trinajstić information content (AvgIpc) is 2.50. The second kappa shape index (κ2) is 8.19. The number of alkyl carbamates (subject to hydrolysis) is 1. The second-order valence-electron chi connectivity index (χ2n) is 5.14. The van der Waals surface area contributed by atoms with Crippen molar-refractivity contribution in [3.8, 4) is 0 Å². The Hall–Kier alpha value is -2.34. The van der Waals surface area contributed by atoms with Crippen LogP contribution in [0.2, 0.25) is 0 Å². The van der Waals surface area contributed by atoms with Gasteiger partial charge in [0.25, 0.3) is 5.91 Å². The lowest BCUT2D eigenvalue weighted by Crippen LogP contribution is -2.33. The molecule has 1 aromatic rings. The molecule has 0 saturated carbocycles. The zero-order valence-electron chi connectivity index (χ0n) is 13.2. The SMILES string of the molecule is CNC(=O)c1ccc(C(C)(C)OC(=O)NC/C=C/CN)cc1. The van der Waals surface area contributed by atoms with E-state index < -0.39 is 11.7 Å². The molecule has 0 aliphatic heterocycles. The van der Waals surface area contributed by atoms with E-state index in [-0.39, 0.29) is 5.91 Å². The predicted octanol–water partition coefficient (Wildman–Crippen LogP) is 1.52. The van der Waals surface area contributed by atoms with Gasteiger partial charge in [0.15, 0.2) is 0 Å². The van der Waals surface area contributed by atoms with E-state index in [9.17, 15) is 9.59 Å². The minimum Gasteiger partial charge on any atom is -0.439 e. The van der Waals surface area contributed by atoms with Gasteiger partial charge in [-0.2, -0.15) is 0 Å². The molecule has 0 atom stereocenters. The van der Waals surface area contributed by atoms with Crippen molar-refractivity contribution in [1.82, 2.24) is 10.6 Å². The molecule has 0 heterocycles. The van der Waals surface area contributed by atoms with Crippen LogP contribution in [0.4, 0.5) is 4.79 Å². The normalized spacial score (nSPS) is 11.3. The number of rotatable bonds is 6. The molecule has 0 unspecified atom stereocenters. The molecule has 0 aliphatic carbocycles. The lowest BCUT2D eigenvalue weighted by atomic mass is 9.97. The van der Waals surface area contributed by atoms with Crippen molar-refractivity contribution in [3.05, 3.63) is 47.5 Å². The molecule has 0 aromatic heterocycles. The fourth-order valence-corrected chi connectivity index (χ4v) is 1.82. The Balaban J connectivity index is 2.67. The average molecular weight is 305 g/mol. The van der Waals surface area contributed by atoms with E-state index in [2.05, 4.69) is 10.6 Å². The van der Waals surface area contributed by atoms with Crippen LogP contribution in [0.15, 0.2) is 36.4 Å². The van der Waals surface area contributed by atoms with E-state index >= 15 is 0 Å². The van der Waals surface area contributed by atoms with Gasteiger partial charge in [-0.15, -0.1) is 0 Å². The van der Waals surface area contributed by atoms with Crippen molar-refractivity contribution in [2.75, 3.05) is 20.1 Å². The number of carbonyl (C=O) groups is 2. The zero-order valence-corrected chi connectivity index (χ0v) is 13.2. The Bertz CT molecular complexity index is 536. The quantitative estimate of drug-likeness (QED) is 0.695. The summed E-state index contributed by atoms with van der Waals surface area (Å²) in [5, 5.41) is 5.17. The molecule has 0 radical (unpaired) electrons. The van der Waals surface area contributed by atoms with E-state index in [0.29, 0.717) is 18.7 Å². The monoisotopic (exact) mass is 305 g/mol. The highest BCUT2D eigenvalue weighted by molar-refractivity contribution is 5.93. The van der Waals surface area contributed by atoms with Crippen LogP contribution in [0.25, 0.3) is 0 Å². The summed E-state index contributed by atoms with van der Waals surface area (Å²) >= 11 is 0. The van der Waals surface area contributed by atoms with Crippen molar-refractivity contribution in [2.45, 2.75) is 19.4 Å². The third kappa shape index (κ3) is 5.21. The minimum absolute atomic E-state index is 0.158. The van der Waals surface area contributed by atoms with Crippen molar-refractivity contribution < 1.29 is 14.3 Å². The molecule has 0 spiro atoms. The van der Waals surface area contributed by atoms with Crippen LogP contribution < -0.4 is 16.4 Å². The van der Waals surface area contributed by atoms with Gasteiger partial charge in [0.2, 0.25) is 0 Å². The first-order chi connectivity index (χ1) is 10.4. The number of hydrogen-bond donors (Lipinski definition) is 3. The van der Waals surface area contributed by atoms with E-state index in [0.717, 1.165) is 5.56 Å². The summed E-state index contributed by atoms with van der Waals surface area (Å²) in [5.41, 5.74) is 5.86. The first-order valence-corrected chi connectivity index (χ1v) is 7.05. The fraction of sp³-hybridized carbons (Fsp3) is 0.375. The summed E-state index contributed by atoms with van der Waals surface area (Å²) in [6.45, 7) is 4.37. The first kappa shape index (κ1) is 17.7. The first-order valence-electron chi connectivity index (χ1n) is 7.05. The molecule has 0 bridgehead atoms. The van der Waals surface area contributed by atoms with Crippen molar-refractivity contribution in [2.24, 2.45) is 5.73 Å². The molecule has 2 amide bonds. The van der Waals surface area contributed by atoms with E-state index in [4.69, 9.17) is 10.5 Å². The van der Waals surface area contributed by atoms with Crippen LogP contribution in [-0.4, -0.2) is 32.1 Å². The third-order valence-electron chi connectivity index (χ3n) is 3.08. The van der Waals surface area contributed by atoms with Gasteiger partial charge in [-0.1, -0.05) is 24.3 Å². The molecule has 6 heteroatoms. The maximum Gasteiger partial charge on any atom is 0.408 e. The van der Waals surface area contributed by atoms with Gasteiger partial charge in [0.1, 0.15) is 5.60 Å². The smallest absolute Gasteiger partial charge is 0.408 e. The third-order valence-corrected chi connectivity index (χ3v) is 3.08. The number of carbonyl (C=O) groups excluding carboxylic acids is 2. The summed E-state index contributed by atoms with van der Waals surface area (Å²) in [7, 11) is 1.58. The Morgan fingerprint density at radius 2 is 1.86 bits per heavy atom. The summed E-state index contributed by atoms with van der Waals surface area (Å²) in [6, 6.07) is 6.93. The van der Waals surface area contributed by atoms with Crippen LogP contribution >= 0.6 is 0 Å². The van der Waals surface area contributed by atoms with Crippen LogP contribution in [-0.2, 0) is 10.3 Å². The summed E-state index contributed by atoms with van der Waals surface area (Å²) in [4.78, 5) is 23.3. The van der Waals surface area contributed by atoms with Gasteiger partial charge in [-0.05, 0) is 31.5 Å². The topological polar surface area (TPSA) is 93.4 Å². The van der Waals surface area contributed by atoms with Gasteiger partial charge in [0, 0.05) is 25.7 Å². The Kier molecular flexibility index (Phi) is 6.59.